The third kappa shape index (κ3) is 2.11. The molecule has 0 bridgehead atoms. The molecule has 1 aromatic heterocycles. The van der Waals surface area contributed by atoms with Gasteiger partial charge in [0.25, 0.3) is 0 Å². The Balaban J connectivity index is 2.32. The molecule has 1 N–H and O–H groups in total. The maximum atomic E-state index is 11.0. The summed E-state index contributed by atoms with van der Waals surface area (Å²) in [6, 6.07) is 9.49. The lowest BCUT2D eigenvalue weighted by Gasteiger charge is -2.02. The highest BCUT2D eigenvalue weighted by molar-refractivity contribution is 9.10. The Bertz CT molecular complexity index is 510. The van der Waals surface area contributed by atoms with Crippen LogP contribution in [0.1, 0.15) is 16.1 Å². The molecule has 82 valence electrons. The zero-order valence-corrected chi connectivity index (χ0v) is 9.75. The van der Waals surface area contributed by atoms with E-state index < -0.39 is 5.97 Å². The van der Waals surface area contributed by atoms with Gasteiger partial charge in [0.05, 0.1) is 6.54 Å². The standard InChI is InChI=1S/C10H8BrN3O2/c11-9-8(10(15)16)14(13-12-9)6-7-4-2-1-3-5-7/h1-5H,6H2,(H,15,16). The van der Waals surface area contributed by atoms with Gasteiger partial charge in [0.15, 0.2) is 10.3 Å². The number of carboxylic acids is 1. The highest BCUT2D eigenvalue weighted by Crippen LogP contribution is 2.14. The highest BCUT2D eigenvalue weighted by Gasteiger charge is 2.17. The molecule has 1 aromatic carbocycles. The van der Waals surface area contributed by atoms with E-state index in [1.807, 2.05) is 30.3 Å². The van der Waals surface area contributed by atoms with Crippen LogP contribution in [-0.2, 0) is 6.54 Å². The van der Waals surface area contributed by atoms with Gasteiger partial charge in [-0.1, -0.05) is 35.5 Å². The van der Waals surface area contributed by atoms with Gasteiger partial charge in [-0.15, -0.1) is 5.10 Å². The van der Waals surface area contributed by atoms with Crippen molar-refractivity contribution < 1.29 is 9.90 Å². The van der Waals surface area contributed by atoms with Crippen molar-refractivity contribution in [3.8, 4) is 0 Å². The Hall–Kier alpha value is -1.69. The normalized spacial score (nSPS) is 10.3. The van der Waals surface area contributed by atoms with Crippen molar-refractivity contribution in [3.05, 3.63) is 46.2 Å². The first-order valence-electron chi connectivity index (χ1n) is 4.54. The Kier molecular flexibility index (Phi) is 3.00. The molecule has 1 heterocycles. The molecule has 5 nitrogen and oxygen atoms in total. The van der Waals surface area contributed by atoms with E-state index >= 15 is 0 Å². The number of aromatic nitrogens is 3. The van der Waals surface area contributed by atoms with Gasteiger partial charge in [-0.05, 0) is 21.5 Å². The molecule has 0 amide bonds. The van der Waals surface area contributed by atoms with Crippen LogP contribution in [0.15, 0.2) is 34.9 Å². The van der Waals surface area contributed by atoms with Crippen LogP contribution in [0.2, 0.25) is 0 Å². The third-order valence-corrected chi connectivity index (χ3v) is 2.61. The summed E-state index contributed by atoms with van der Waals surface area (Å²) in [4.78, 5) is 11.0. The summed E-state index contributed by atoms with van der Waals surface area (Å²) in [5.74, 6) is -1.05. The number of rotatable bonds is 3. The second kappa shape index (κ2) is 4.44. The van der Waals surface area contributed by atoms with Gasteiger partial charge in [-0.25, -0.2) is 9.48 Å². The second-order valence-electron chi connectivity index (χ2n) is 3.18. The Morgan fingerprint density at radius 2 is 2.06 bits per heavy atom. The largest absolute Gasteiger partial charge is 0.476 e. The fourth-order valence-corrected chi connectivity index (χ4v) is 1.80. The van der Waals surface area contributed by atoms with Crippen LogP contribution >= 0.6 is 15.9 Å². The van der Waals surface area contributed by atoms with Crippen LogP contribution in [0.4, 0.5) is 0 Å². The van der Waals surface area contributed by atoms with Crippen LogP contribution in [0, 0.1) is 0 Å². The van der Waals surface area contributed by atoms with Gasteiger partial charge in [0.2, 0.25) is 0 Å². The minimum atomic E-state index is -1.05. The van der Waals surface area contributed by atoms with E-state index in [2.05, 4.69) is 26.2 Å². The molecule has 0 radical (unpaired) electrons. The maximum Gasteiger partial charge on any atom is 0.357 e. The number of nitrogens with zero attached hydrogens (tertiary/aromatic N) is 3. The molecule has 0 aliphatic heterocycles. The lowest BCUT2D eigenvalue weighted by molar-refractivity contribution is 0.0683. The van der Waals surface area contributed by atoms with E-state index in [1.54, 1.807) is 0 Å². The van der Waals surface area contributed by atoms with Gasteiger partial charge < -0.3 is 5.11 Å². The van der Waals surface area contributed by atoms with Crippen LogP contribution in [0.3, 0.4) is 0 Å². The zero-order valence-electron chi connectivity index (χ0n) is 8.17. The number of benzene rings is 1. The minimum Gasteiger partial charge on any atom is -0.476 e. The van der Waals surface area contributed by atoms with Crippen molar-refractivity contribution in [2.45, 2.75) is 6.54 Å². The molecule has 0 saturated carbocycles. The van der Waals surface area contributed by atoms with Crippen molar-refractivity contribution in [2.75, 3.05) is 0 Å². The fourth-order valence-electron chi connectivity index (χ4n) is 1.36. The third-order valence-electron chi connectivity index (χ3n) is 2.07. The summed E-state index contributed by atoms with van der Waals surface area (Å²) < 4.78 is 1.60. The molecule has 0 unspecified atom stereocenters. The number of carbonyl (C=O) groups is 1. The topological polar surface area (TPSA) is 68.0 Å². The summed E-state index contributed by atoms with van der Waals surface area (Å²) in [5, 5.41) is 16.4. The molecule has 0 atom stereocenters. The van der Waals surface area contributed by atoms with Crippen molar-refractivity contribution in [2.24, 2.45) is 0 Å². The summed E-state index contributed by atoms with van der Waals surface area (Å²) in [6.07, 6.45) is 0. The Morgan fingerprint density at radius 1 is 1.38 bits per heavy atom. The molecule has 2 aromatic rings. The molecular weight excluding hydrogens is 274 g/mol. The van der Waals surface area contributed by atoms with Gasteiger partial charge >= 0.3 is 5.97 Å². The minimum absolute atomic E-state index is 0.0591. The number of aromatic carboxylic acids is 1. The summed E-state index contributed by atoms with van der Waals surface area (Å²) >= 11 is 3.06. The maximum absolute atomic E-state index is 11.0. The predicted molar refractivity (Wildman–Crippen MR) is 60.2 cm³/mol. The van der Waals surface area contributed by atoms with E-state index in [4.69, 9.17) is 5.11 Å². The van der Waals surface area contributed by atoms with E-state index in [9.17, 15) is 4.79 Å². The molecule has 0 saturated heterocycles. The molecule has 0 spiro atoms. The van der Waals surface area contributed by atoms with Crippen LogP contribution < -0.4 is 0 Å². The smallest absolute Gasteiger partial charge is 0.357 e. The molecule has 0 aliphatic carbocycles. The van der Waals surface area contributed by atoms with Gasteiger partial charge in [0, 0.05) is 0 Å². The first kappa shape index (κ1) is 10.8. The van der Waals surface area contributed by atoms with E-state index in [1.165, 1.54) is 4.68 Å². The van der Waals surface area contributed by atoms with Gasteiger partial charge in [0.1, 0.15) is 0 Å². The summed E-state index contributed by atoms with van der Waals surface area (Å²) in [7, 11) is 0. The summed E-state index contributed by atoms with van der Waals surface area (Å²) in [6.45, 7) is 0.390. The average Bonchev–Trinajstić information content (AvgIpc) is 2.61. The van der Waals surface area contributed by atoms with Gasteiger partial charge in [-0.3, -0.25) is 0 Å². The first-order valence-corrected chi connectivity index (χ1v) is 5.34. The molecule has 0 fully saturated rings. The number of halogens is 1. The molecule has 0 aliphatic rings. The Morgan fingerprint density at radius 3 is 2.69 bits per heavy atom. The van der Waals surface area contributed by atoms with E-state index in [-0.39, 0.29) is 10.3 Å². The quantitative estimate of drug-likeness (QED) is 0.931. The zero-order chi connectivity index (χ0) is 11.5. The van der Waals surface area contributed by atoms with Crippen LogP contribution in [-0.4, -0.2) is 26.1 Å². The highest BCUT2D eigenvalue weighted by atomic mass is 79.9. The van der Waals surface area contributed by atoms with Crippen molar-refractivity contribution in [1.29, 1.82) is 0 Å². The molecule has 2 rings (SSSR count). The molecular formula is C10H8BrN3O2. The number of carboxylic acid groups (broad SMARTS) is 1. The van der Waals surface area contributed by atoms with Crippen LogP contribution in [0.25, 0.3) is 0 Å². The fraction of sp³-hybridized carbons (Fsp3) is 0.100. The monoisotopic (exact) mass is 281 g/mol. The van der Waals surface area contributed by atoms with Gasteiger partial charge in [-0.2, -0.15) is 0 Å². The first-order chi connectivity index (χ1) is 7.68. The van der Waals surface area contributed by atoms with Crippen LogP contribution in [0.5, 0.6) is 0 Å². The lowest BCUT2D eigenvalue weighted by Crippen LogP contribution is -2.11. The Labute approximate surface area is 99.8 Å². The van der Waals surface area contributed by atoms with E-state index in [0.29, 0.717) is 6.54 Å². The lowest BCUT2D eigenvalue weighted by atomic mass is 10.2. The SMILES string of the molecule is O=C(O)c1c(Br)nnn1Cc1ccccc1. The van der Waals surface area contributed by atoms with E-state index in [0.717, 1.165) is 5.56 Å². The predicted octanol–water partition coefficient (Wildman–Crippen LogP) is 1.79. The second-order valence-corrected chi connectivity index (χ2v) is 3.93. The average molecular weight is 282 g/mol. The number of hydrogen-bond donors (Lipinski definition) is 1. The van der Waals surface area contributed by atoms with Crippen molar-refractivity contribution >= 4 is 21.9 Å². The summed E-state index contributed by atoms with van der Waals surface area (Å²) in [5.41, 5.74) is 1.03. The van der Waals surface area contributed by atoms with Crippen molar-refractivity contribution in [1.82, 2.24) is 15.0 Å². The number of hydrogen-bond acceptors (Lipinski definition) is 3. The molecule has 6 heteroatoms. The molecule has 16 heavy (non-hydrogen) atoms. The van der Waals surface area contributed by atoms with Crippen molar-refractivity contribution in [3.63, 3.8) is 0 Å².